The van der Waals surface area contributed by atoms with Gasteiger partial charge in [-0.3, -0.25) is 18.9 Å². The van der Waals surface area contributed by atoms with E-state index in [0.29, 0.717) is 0 Å². The van der Waals surface area contributed by atoms with Gasteiger partial charge in [0.05, 0.1) is 6.42 Å². The van der Waals surface area contributed by atoms with Crippen molar-refractivity contribution in [2.75, 3.05) is 6.16 Å². The fraction of sp³-hybridized carbons (Fsp3) is 0.727. The van der Waals surface area contributed by atoms with E-state index in [1.807, 2.05) is 0 Å². The number of hydrogen-bond acceptors (Lipinski definition) is 5. The lowest BCUT2D eigenvalue weighted by Crippen LogP contribution is -2.37. The van der Waals surface area contributed by atoms with Crippen LogP contribution in [0.25, 0.3) is 0 Å². The van der Waals surface area contributed by atoms with Crippen LogP contribution in [0.1, 0.15) is 32.6 Å². The number of amides is 1. The molecule has 0 aliphatic carbocycles. The van der Waals surface area contributed by atoms with Gasteiger partial charge in [0.25, 0.3) is 0 Å². The van der Waals surface area contributed by atoms with Gasteiger partial charge in [-0.25, -0.2) is 0 Å². The second-order valence-corrected chi connectivity index (χ2v) is 7.18. The summed E-state index contributed by atoms with van der Waals surface area (Å²) >= 11 is 0. The van der Waals surface area contributed by atoms with Crippen molar-refractivity contribution in [1.29, 1.82) is 0 Å². The van der Waals surface area contributed by atoms with E-state index < -0.39 is 49.6 Å². The van der Waals surface area contributed by atoms with Gasteiger partial charge in [-0.1, -0.05) is 6.92 Å². The topological polar surface area (TPSA) is 167 Å². The predicted octanol–water partition coefficient (Wildman–Crippen LogP) is -0.224. The summed E-state index contributed by atoms with van der Waals surface area (Å²) in [7, 11) is -3.84. The van der Waals surface area contributed by atoms with E-state index in [1.54, 1.807) is 6.92 Å². The van der Waals surface area contributed by atoms with Crippen molar-refractivity contribution in [3.8, 4) is 0 Å². The Morgan fingerprint density at radius 1 is 1.24 bits per heavy atom. The number of carboxylic acid groups (broad SMARTS) is 2. The zero-order valence-corrected chi connectivity index (χ0v) is 12.6. The Bertz CT molecular complexity index is 440. The van der Waals surface area contributed by atoms with Gasteiger partial charge in [0, 0.05) is 12.6 Å². The Kier molecular flexibility index (Phi) is 8.16. The highest BCUT2D eigenvalue weighted by atomic mass is 31.2. The summed E-state index contributed by atoms with van der Waals surface area (Å²) in [5.74, 6) is -4.07. The largest absolute Gasteiger partial charge is 0.481 e. The van der Waals surface area contributed by atoms with Crippen molar-refractivity contribution in [2.45, 2.75) is 44.4 Å². The summed E-state index contributed by atoms with van der Waals surface area (Å²) in [6.45, 7) is 1.58. The van der Waals surface area contributed by atoms with E-state index in [4.69, 9.17) is 15.9 Å². The molecular weight excluding hydrogens is 303 g/mol. The van der Waals surface area contributed by atoms with E-state index in [9.17, 15) is 23.8 Å². The Morgan fingerprint density at radius 2 is 1.81 bits per heavy atom. The van der Waals surface area contributed by atoms with Crippen LogP contribution in [0, 0.1) is 0 Å². The average molecular weight is 324 g/mol. The molecule has 2 unspecified atom stereocenters. The minimum atomic E-state index is -3.84. The Labute approximate surface area is 122 Å². The van der Waals surface area contributed by atoms with E-state index in [0.717, 1.165) is 0 Å². The summed E-state index contributed by atoms with van der Waals surface area (Å²) in [5, 5.41) is 19.4. The van der Waals surface area contributed by atoms with Crippen molar-refractivity contribution < 1.29 is 34.1 Å². The molecule has 0 saturated carbocycles. The van der Waals surface area contributed by atoms with Crippen LogP contribution in [0.2, 0.25) is 0 Å². The first-order chi connectivity index (χ1) is 9.60. The molecule has 0 rings (SSSR count). The Hall–Kier alpha value is -1.44. The summed E-state index contributed by atoms with van der Waals surface area (Å²) in [6, 6.07) is -1.18. The average Bonchev–Trinajstić information content (AvgIpc) is 2.39. The van der Waals surface area contributed by atoms with Gasteiger partial charge in [0.15, 0.2) is 0 Å². The van der Waals surface area contributed by atoms with Crippen LogP contribution in [0.15, 0.2) is 0 Å². The molecule has 0 fully saturated rings. The molecule has 0 aliphatic rings. The lowest BCUT2D eigenvalue weighted by atomic mass is 10.1. The first kappa shape index (κ1) is 19.6. The highest BCUT2D eigenvalue weighted by molar-refractivity contribution is 7.58. The summed E-state index contributed by atoms with van der Waals surface area (Å²) < 4.78 is 12.0. The second-order valence-electron chi connectivity index (χ2n) is 4.60. The zero-order valence-electron chi connectivity index (χ0n) is 11.7. The van der Waals surface area contributed by atoms with E-state index in [1.165, 1.54) is 0 Å². The van der Waals surface area contributed by atoms with Crippen LogP contribution < -0.4 is 11.1 Å². The number of rotatable bonds is 10. The summed E-state index contributed by atoms with van der Waals surface area (Å²) in [4.78, 5) is 42.3. The van der Waals surface area contributed by atoms with Crippen molar-refractivity contribution in [3.05, 3.63) is 0 Å². The van der Waals surface area contributed by atoms with Crippen molar-refractivity contribution in [2.24, 2.45) is 5.73 Å². The minimum Gasteiger partial charge on any atom is -0.481 e. The smallest absolute Gasteiger partial charge is 0.320 e. The van der Waals surface area contributed by atoms with Crippen molar-refractivity contribution >= 4 is 25.2 Å². The lowest BCUT2D eigenvalue weighted by molar-refractivity contribution is -0.139. The maximum atomic E-state index is 12.0. The number of carboxylic acids is 2. The molecule has 122 valence electrons. The number of nitrogens with one attached hydrogen (secondary N) is 1. The number of hydrogen-bond donors (Lipinski definition) is 5. The molecule has 0 aromatic rings. The number of carbonyl (C=O) groups is 3. The molecule has 0 bridgehead atoms. The molecule has 0 heterocycles. The molecule has 9 nitrogen and oxygen atoms in total. The minimum absolute atomic E-state index is 0.0948. The predicted molar refractivity (Wildman–Crippen MR) is 74.0 cm³/mol. The first-order valence-electron chi connectivity index (χ1n) is 6.41. The fourth-order valence-corrected chi connectivity index (χ4v) is 3.31. The number of nitrogens with two attached hydrogens (primary N) is 1. The third-order valence-electron chi connectivity index (χ3n) is 2.85. The van der Waals surface area contributed by atoms with E-state index in [2.05, 4.69) is 5.32 Å². The van der Waals surface area contributed by atoms with Gasteiger partial charge in [0.1, 0.15) is 11.8 Å². The van der Waals surface area contributed by atoms with Crippen LogP contribution in [0.5, 0.6) is 0 Å². The molecule has 3 atom stereocenters. The van der Waals surface area contributed by atoms with Gasteiger partial charge in [-0.2, -0.15) is 0 Å². The maximum absolute atomic E-state index is 12.0. The maximum Gasteiger partial charge on any atom is 0.320 e. The number of carbonyl (C=O) groups excluding carboxylic acids is 1. The highest BCUT2D eigenvalue weighted by Gasteiger charge is 2.31. The fourth-order valence-electron chi connectivity index (χ4n) is 1.57. The zero-order chi connectivity index (χ0) is 16.6. The SMILES string of the molecule is CCC(NC(=O)CC[C@H](N)C(=O)O)P(=O)(O)CCC(=O)O. The van der Waals surface area contributed by atoms with Gasteiger partial charge in [0.2, 0.25) is 13.3 Å². The van der Waals surface area contributed by atoms with Crippen molar-refractivity contribution in [1.82, 2.24) is 5.32 Å². The molecular formula is C11H21N2O7P. The van der Waals surface area contributed by atoms with Gasteiger partial charge in [-0.05, 0) is 12.8 Å². The monoisotopic (exact) mass is 324 g/mol. The van der Waals surface area contributed by atoms with E-state index in [-0.39, 0.29) is 19.3 Å². The highest BCUT2D eigenvalue weighted by Crippen LogP contribution is 2.46. The molecule has 0 spiro atoms. The summed E-state index contributed by atoms with van der Waals surface area (Å²) in [5.41, 5.74) is 5.25. The standard InChI is InChI=1S/C11H21N2O7P/c1-2-9(21(19,20)6-5-10(15)16)13-8(14)4-3-7(12)11(17)18/h7,9H,2-6,12H2,1H3,(H,13,14)(H,15,16)(H,17,18)(H,19,20)/t7-,9?/m0/s1. The van der Waals surface area contributed by atoms with Gasteiger partial charge in [-0.15, -0.1) is 0 Å². The molecule has 10 heteroatoms. The molecule has 0 saturated heterocycles. The molecule has 0 aliphatic heterocycles. The Balaban J connectivity index is 4.47. The third-order valence-corrected chi connectivity index (χ3v) is 5.18. The third kappa shape index (κ3) is 7.79. The lowest BCUT2D eigenvalue weighted by Gasteiger charge is -2.22. The molecule has 6 N–H and O–H groups in total. The normalized spacial score (nSPS) is 16.5. The molecule has 0 aromatic carbocycles. The van der Waals surface area contributed by atoms with Crippen LogP contribution in [-0.2, 0) is 18.9 Å². The van der Waals surface area contributed by atoms with Crippen LogP contribution in [0.3, 0.4) is 0 Å². The van der Waals surface area contributed by atoms with Crippen LogP contribution in [0.4, 0.5) is 0 Å². The van der Waals surface area contributed by atoms with Gasteiger partial charge >= 0.3 is 11.9 Å². The molecule has 0 radical (unpaired) electrons. The number of aliphatic carboxylic acids is 2. The quantitative estimate of drug-likeness (QED) is 0.344. The van der Waals surface area contributed by atoms with Crippen LogP contribution in [-0.4, -0.2) is 50.9 Å². The summed E-state index contributed by atoms with van der Waals surface area (Å²) in [6.07, 6.45) is -1.03. The first-order valence-corrected chi connectivity index (χ1v) is 8.32. The van der Waals surface area contributed by atoms with Crippen molar-refractivity contribution in [3.63, 3.8) is 0 Å². The molecule has 21 heavy (non-hydrogen) atoms. The second kappa shape index (κ2) is 8.76. The molecule has 0 aromatic heterocycles. The molecule has 1 amide bonds. The van der Waals surface area contributed by atoms with E-state index >= 15 is 0 Å². The van der Waals surface area contributed by atoms with Gasteiger partial charge < -0.3 is 26.2 Å². The van der Waals surface area contributed by atoms with Crippen LogP contribution >= 0.6 is 7.37 Å². The Morgan fingerprint density at radius 3 is 2.24 bits per heavy atom.